The van der Waals surface area contributed by atoms with Crippen molar-refractivity contribution in [1.82, 2.24) is 0 Å². The van der Waals surface area contributed by atoms with E-state index < -0.39 is 4.92 Å². The average molecular weight is 340 g/mol. The van der Waals surface area contributed by atoms with Gasteiger partial charge in [0.1, 0.15) is 6.07 Å². The molecule has 0 saturated carbocycles. The molecule has 0 saturated heterocycles. The first-order valence-electron chi connectivity index (χ1n) is 7.21. The summed E-state index contributed by atoms with van der Waals surface area (Å²) in [5.74, 6) is 1.27. The third kappa shape index (κ3) is 3.70. The van der Waals surface area contributed by atoms with Crippen LogP contribution in [0.1, 0.15) is 11.1 Å². The van der Waals surface area contributed by atoms with Gasteiger partial charge in [0, 0.05) is 6.07 Å². The monoisotopic (exact) mass is 340 g/mol. The van der Waals surface area contributed by atoms with E-state index >= 15 is 0 Å². The molecule has 0 aliphatic carbocycles. The number of allylic oxidation sites excluding steroid dienone is 1. The van der Waals surface area contributed by atoms with Crippen LogP contribution in [0.15, 0.2) is 36.4 Å². The molecular weight excluding hydrogens is 324 g/mol. The SMILES string of the molecule is COc1cc(/C=C(\C#N)c2ccccc2[N+](=O)[O-])cc(OC)c1OC. The zero-order valence-corrected chi connectivity index (χ0v) is 14.0. The Labute approximate surface area is 144 Å². The third-order valence-corrected chi connectivity index (χ3v) is 3.51. The molecule has 0 amide bonds. The van der Waals surface area contributed by atoms with Gasteiger partial charge in [-0.3, -0.25) is 10.1 Å². The van der Waals surface area contributed by atoms with Crippen LogP contribution >= 0.6 is 0 Å². The van der Waals surface area contributed by atoms with E-state index in [1.165, 1.54) is 39.5 Å². The van der Waals surface area contributed by atoms with Crippen molar-refractivity contribution in [3.05, 3.63) is 57.6 Å². The number of ether oxygens (including phenoxy) is 3. The number of rotatable bonds is 6. The lowest BCUT2D eigenvalue weighted by atomic mass is 10.0. The van der Waals surface area contributed by atoms with Crippen molar-refractivity contribution in [3.8, 4) is 23.3 Å². The molecule has 0 aliphatic rings. The number of nitrogens with zero attached hydrogens (tertiary/aromatic N) is 2. The first-order valence-corrected chi connectivity index (χ1v) is 7.21. The van der Waals surface area contributed by atoms with Crippen molar-refractivity contribution in [3.63, 3.8) is 0 Å². The predicted octanol–water partition coefficient (Wildman–Crippen LogP) is 3.68. The molecule has 7 heteroatoms. The van der Waals surface area contributed by atoms with Gasteiger partial charge in [0.15, 0.2) is 11.5 Å². The lowest BCUT2D eigenvalue weighted by molar-refractivity contribution is -0.385. The number of nitro groups is 1. The number of para-hydroxylation sites is 1. The number of hydrogen-bond donors (Lipinski definition) is 0. The topological polar surface area (TPSA) is 94.6 Å². The summed E-state index contributed by atoms with van der Waals surface area (Å²) in [5, 5.41) is 20.7. The highest BCUT2D eigenvalue weighted by molar-refractivity contribution is 5.93. The van der Waals surface area contributed by atoms with E-state index in [0.717, 1.165) is 0 Å². The third-order valence-electron chi connectivity index (χ3n) is 3.51. The van der Waals surface area contributed by atoms with Crippen LogP contribution in [0.5, 0.6) is 17.2 Å². The van der Waals surface area contributed by atoms with Gasteiger partial charge < -0.3 is 14.2 Å². The Hall–Kier alpha value is -3.53. The molecule has 0 fully saturated rings. The summed E-state index contributed by atoms with van der Waals surface area (Å²) < 4.78 is 15.8. The summed E-state index contributed by atoms with van der Waals surface area (Å²) in [6, 6.07) is 11.4. The van der Waals surface area contributed by atoms with Gasteiger partial charge in [0.2, 0.25) is 5.75 Å². The summed E-state index contributed by atoms with van der Waals surface area (Å²) in [4.78, 5) is 10.7. The van der Waals surface area contributed by atoms with Crippen molar-refractivity contribution in [2.24, 2.45) is 0 Å². The van der Waals surface area contributed by atoms with Gasteiger partial charge >= 0.3 is 0 Å². The van der Waals surface area contributed by atoms with Gasteiger partial charge in [-0.25, -0.2) is 0 Å². The number of nitriles is 1. The maximum atomic E-state index is 11.2. The lowest BCUT2D eigenvalue weighted by Crippen LogP contribution is -1.96. The first kappa shape index (κ1) is 17.8. The standard InChI is InChI=1S/C18H16N2O5/c1-23-16-9-12(10-17(24-2)18(16)25-3)8-13(11-19)14-6-4-5-7-15(14)20(21)22/h4-10H,1-3H3/b13-8+. The lowest BCUT2D eigenvalue weighted by Gasteiger charge is -2.13. The number of nitro benzene ring substituents is 1. The fourth-order valence-corrected chi connectivity index (χ4v) is 2.38. The maximum Gasteiger partial charge on any atom is 0.277 e. The molecule has 2 aromatic carbocycles. The van der Waals surface area contributed by atoms with E-state index in [-0.39, 0.29) is 16.8 Å². The maximum absolute atomic E-state index is 11.2. The van der Waals surface area contributed by atoms with Crippen LogP contribution in [-0.4, -0.2) is 26.3 Å². The quantitative estimate of drug-likeness (QED) is 0.344. The zero-order chi connectivity index (χ0) is 18.4. The average Bonchev–Trinajstić information content (AvgIpc) is 2.64. The smallest absolute Gasteiger partial charge is 0.277 e. The van der Waals surface area contributed by atoms with E-state index in [9.17, 15) is 15.4 Å². The highest BCUT2D eigenvalue weighted by Gasteiger charge is 2.17. The van der Waals surface area contributed by atoms with E-state index in [1.807, 2.05) is 6.07 Å². The Balaban J connectivity index is 2.62. The molecule has 0 bridgehead atoms. The molecule has 0 atom stereocenters. The molecule has 0 N–H and O–H groups in total. The van der Waals surface area contributed by atoms with Gasteiger partial charge in [-0.2, -0.15) is 5.26 Å². The van der Waals surface area contributed by atoms with Gasteiger partial charge in [-0.15, -0.1) is 0 Å². The molecule has 0 aromatic heterocycles. The fourth-order valence-electron chi connectivity index (χ4n) is 2.38. The first-order chi connectivity index (χ1) is 12.0. The van der Waals surface area contributed by atoms with Crippen LogP contribution in [0.3, 0.4) is 0 Å². The van der Waals surface area contributed by atoms with Crippen LogP contribution in [-0.2, 0) is 0 Å². The normalized spacial score (nSPS) is 10.7. The molecule has 7 nitrogen and oxygen atoms in total. The summed E-state index contributed by atoms with van der Waals surface area (Å²) in [6.07, 6.45) is 1.53. The van der Waals surface area contributed by atoms with Crippen molar-refractivity contribution >= 4 is 17.3 Å². The molecule has 0 spiro atoms. The summed E-state index contributed by atoms with van der Waals surface area (Å²) in [7, 11) is 4.46. The van der Waals surface area contributed by atoms with Crippen molar-refractivity contribution in [2.75, 3.05) is 21.3 Å². The Morgan fingerprint density at radius 3 is 2.20 bits per heavy atom. The van der Waals surface area contributed by atoms with Crippen LogP contribution in [0, 0.1) is 21.4 Å². The molecule has 25 heavy (non-hydrogen) atoms. The summed E-state index contributed by atoms with van der Waals surface area (Å²) >= 11 is 0. The number of methoxy groups -OCH3 is 3. The highest BCUT2D eigenvalue weighted by atomic mass is 16.6. The Kier molecular flexibility index (Phi) is 5.58. The number of hydrogen-bond acceptors (Lipinski definition) is 6. The molecule has 2 rings (SSSR count). The highest BCUT2D eigenvalue weighted by Crippen LogP contribution is 2.39. The fraction of sp³-hybridized carbons (Fsp3) is 0.167. The summed E-state index contributed by atoms with van der Waals surface area (Å²) in [6.45, 7) is 0. The Bertz CT molecular complexity index is 843. The second kappa shape index (κ2) is 7.84. The summed E-state index contributed by atoms with van der Waals surface area (Å²) in [5.41, 5.74) is 0.845. The van der Waals surface area contributed by atoms with E-state index in [1.54, 1.807) is 24.3 Å². The van der Waals surface area contributed by atoms with Crippen LogP contribution < -0.4 is 14.2 Å². The Morgan fingerprint density at radius 2 is 1.72 bits per heavy atom. The van der Waals surface area contributed by atoms with E-state index in [2.05, 4.69) is 0 Å². The minimum absolute atomic E-state index is 0.136. The van der Waals surface area contributed by atoms with Crippen LogP contribution in [0.4, 0.5) is 5.69 Å². The predicted molar refractivity (Wildman–Crippen MR) is 92.7 cm³/mol. The molecule has 0 unspecified atom stereocenters. The second-order valence-electron chi connectivity index (χ2n) is 4.90. The Morgan fingerprint density at radius 1 is 1.12 bits per heavy atom. The van der Waals surface area contributed by atoms with Gasteiger partial charge in [0.05, 0.1) is 37.4 Å². The van der Waals surface area contributed by atoms with Crippen molar-refractivity contribution < 1.29 is 19.1 Å². The molecular formula is C18H16N2O5. The van der Waals surface area contributed by atoms with E-state index in [4.69, 9.17) is 14.2 Å². The van der Waals surface area contributed by atoms with Crippen LogP contribution in [0.2, 0.25) is 0 Å². The van der Waals surface area contributed by atoms with Crippen LogP contribution in [0.25, 0.3) is 11.6 Å². The molecule has 2 aromatic rings. The number of benzene rings is 2. The van der Waals surface area contributed by atoms with Crippen molar-refractivity contribution in [1.29, 1.82) is 5.26 Å². The van der Waals surface area contributed by atoms with Gasteiger partial charge in [-0.1, -0.05) is 12.1 Å². The minimum atomic E-state index is -0.518. The zero-order valence-electron chi connectivity index (χ0n) is 14.0. The van der Waals surface area contributed by atoms with Gasteiger partial charge in [0.25, 0.3) is 5.69 Å². The van der Waals surface area contributed by atoms with Crippen molar-refractivity contribution in [2.45, 2.75) is 0 Å². The second-order valence-corrected chi connectivity index (χ2v) is 4.90. The molecule has 0 heterocycles. The largest absolute Gasteiger partial charge is 0.493 e. The molecule has 0 radical (unpaired) electrons. The van der Waals surface area contributed by atoms with Gasteiger partial charge in [-0.05, 0) is 29.8 Å². The van der Waals surface area contributed by atoms with E-state index in [0.29, 0.717) is 22.8 Å². The minimum Gasteiger partial charge on any atom is -0.493 e. The molecule has 128 valence electrons. The molecule has 0 aliphatic heterocycles.